The second-order valence-corrected chi connectivity index (χ2v) is 6.28. The van der Waals surface area contributed by atoms with Gasteiger partial charge in [0.2, 0.25) is 0 Å². The number of rotatable bonds is 6. The number of para-hydroxylation sites is 1. The molecule has 4 heteroatoms. The van der Waals surface area contributed by atoms with Gasteiger partial charge < -0.3 is 14.7 Å². The normalized spacial score (nSPS) is 18.0. The van der Waals surface area contributed by atoms with E-state index in [1.807, 2.05) is 19.1 Å². The molecule has 0 amide bonds. The van der Waals surface area contributed by atoms with Crippen LogP contribution < -0.4 is 4.74 Å². The number of benzene rings is 1. The third-order valence-electron chi connectivity index (χ3n) is 4.68. The van der Waals surface area contributed by atoms with Crippen LogP contribution in [-0.4, -0.2) is 49.0 Å². The summed E-state index contributed by atoms with van der Waals surface area (Å²) in [5, 5.41) is 10.2. The van der Waals surface area contributed by atoms with Gasteiger partial charge in [-0.3, -0.25) is 4.99 Å². The summed E-state index contributed by atoms with van der Waals surface area (Å²) in [5.74, 6) is 0.696. The van der Waals surface area contributed by atoms with Crippen molar-refractivity contribution in [2.45, 2.75) is 44.6 Å². The number of aliphatic imine (C=N–C) groups is 1. The molecule has 0 unspecified atom stereocenters. The second kappa shape index (κ2) is 7.63. The summed E-state index contributed by atoms with van der Waals surface area (Å²) in [7, 11) is 4.29. The molecule has 0 aromatic heterocycles. The van der Waals surface area contributed by atoms with Crippen molar-refractivity contribution in [1.29, 1.82) is 0 Å². The van der Waals surface area contributed by atoms with E-state index < -0.39 is 0 Å². The Labute approximate surface area is 133 Å². The van der Waals surface area contributed by atoms with E-state index in [1.165, 1.54) is 32.1 Å². The largest absolute Gasteiger partial charge is 0.504 e. The van der Waals surface area contributed by atoms with Gasteiger partial charge in [0, 0.05) is 17.3 Å². The zero-order chi connectivity index (χ0) is 16.0. The zero-order valence-electron chi connectivity index (χ0n) is 14.0. The topological polar surface area (TPSA) is 45.1 Å². The Balaban J connectivity index is 2.09. The number of likely N-dealkylation sites (N-methyl/N-ethyl adjacent to an activating group) is 1. The monoisotopic (exact) mass is 304 g/mol. The van der Waals surface area contributed by atoms with E-state index in [2.05, 4.69) is 24.0 Å². The number of hydrogen-bond acceptors (Lipinski definition) is 4. The first-order valence-corrected chi connectivity index (χ1v) is 8.21. The van der Waals surface area contributed by atoms with Crippen molar-refractivity contribution in [3.63, 3.8) is 0 Å². The standard InChI is InChI=1S/C18H28N2O2/c1-4-22-16-10-8-9-15(17(16)21)13-19-14-18(20(2)3)11-6-5-7-12-18/h8-10,13,21H,4-7,11-12,14H2,1-3H3. The van der Waals surface area contributed by atoms with Gasteiger partial charge in [0.15, 0.2) is 11.5 Å². The Morgan fingerprint density at radius 2 is 2.00 bits per heavy atom. The third kappa shape index (κ3) is 3.80. The summed E-state index contributed by atoms with van der Waals surface area (Å²) in [6, 6.07) is 5.53. The van der Waals surface area contributed by atoms with E-state index in [1.54, 1.807) is 12.3 Å². The fraction of sp³-hybridized carbons (Fsp3) is 0.611. The first-order chi connectivity index (χ1) is 10.6. The predicted molar refractivity (Wildman–Crippen MR) is 91.2 cm³/mol. The van der Waals surface area contributed by atoms with E-state index >= 15 is 0 Å². The van der Waals surface area contributed by atoms with Crippen LogP contribution >= 0.6 is 0 Å². The number of phenols is 1. The van der Waals surface area contributed by atoms with Crippen LogP contribution in [0.25, 0.3) is 0 Å². The lowest BCUT2D eigenvalue weighted by Crippen LogP contribution is -2.48. The van der Waals surface area contributed by atoms with Crippen molar-refractivity contribution in [1.82, 2.24) is 4.90 Å². The summed E-state index contributed by atoms with van der Waals surface area (Å²) in [6.45, 7) is 3.22. The van der Waals surface area contributed by atoms with Gasteiger partial charge in [0.05, 0.1) is 13.2 Å². The molecule has 1 aliphatic rings. The quantitative estimate of drug-likeness (QED) is 0.818. The Bertz CT molecular complexity index is 506. The lowest BCUT2D eigenvalue weighted by molar-refractivity contribution is 0.110. The summed E-state index contributed by atoms with van der Waals surface area (Å²) in [4.78, 5) is 6.96. The molecule has 1 saturated carbocycles. The van der Waals surface area contributed by atoms with Gasteiger partial charge in [-0.1, -0.05) is 25.3 Å². The highest BCUT2D eigenvalue weighted by molar-refractivity contribution is 5.84. The first-order valence-electron chi connectivity index (χ1n) is 8.21. The molecule has 0 spiro atoms. The highest BCUT2D eigenvalue weighted by atomic mass is 16.5. The maximum absolute atomic E-state index is 10.2. The van der Waals surface area contributed by atoms with Gasteiger partial charge in [0.25, 0.3) is 0 Å². The highest BCUT2D eigenvalue weighted by Gasteiger charge is 2.33. The Morgan fingerprint density at radius 3 is 2.64 bits per heavy atom. The second-order valence-electron chi connectivity index (χ2n) is 6.28. The molecule has 0 bridgehead atoms. The number of hydrogen-bond donors (Lipinski definition) is 1. The van der Waals surface area contributed by atoms with Gasteiger partial charge in [0.1, 0.15) is 0 Å². The van der Waals surface area contributed by atoms with E-state index in [9.17, 15) is 5.11 Å². The van der Waals surface area contributed by atoms with Crippen molar-refractivity contribution in [3.8, 4) is 11.5 Å². The summed E-state index contributed by atoms with van der Waals surface area (Å²) >= 11 is 0. The average molecular weight is 304 g/mol. The Kier molecular flexibility index (Phi) is 5.83. The van der Waals surface area contributed by atoms with Gasteiger partial charge in [-0.2, -0.15) is 0 Å². The van der Waals surface area contributed by atoms with Gasteiger partial charge in [-0.05, 0) is 46.0 Å². The molecule has 0 atom stereocenters. The van der Waals surface area contributed by atoms with Crippen LogP contribution in [0.3, 0.4) is 0 Å². The lowest BCUT2D eigenvalue weighted by atomic mass is 9.81. The molecule has 22 heavy (non-hydrogen) atoms. The van der Waals surface area contributed by atoms with Gasteiger partial charge in [-0.25, -0.2) is 0 Å². The van der Waals surface area contributed by atoms with Crippen LogP contribution in [0, 0.1) is 0 Å². The predicted octanol–water partition coefficient (Wildman–Crippen LogP) is 3.47. The molecule has 0 aliphatic heterocycles. The van der Waals surface area contributed by atoms with Crippen LogP contribution in [0.5, 0.6) is 11.5 Å². The minimum atomic E-state index is 0.169. The van der Waals surface area contributed by atoms with Crippen LogP contribution in [0.4, 0.5) is 0 Å². The molecule has 0 heterocycles. The summed E-state index contributed by atoms with van der Waals surface area (Å²) in [6.07, 6.45) is 8.05. The highest BCUT2D eigenvalue weighted by Crippen LogP contribution is 2.33. The molecule has 122 valence electrons. The fourth-order valence-electron chi connectivity index (χ4n) is 3.19. The first kappa shape index (κ1) is 16.8. The van der Waals surface area contributed by atoms with Crippen molar-refractivity contribution in [2.75, 3.05) is 27.2 Å². The molecule has 0 radical (unpaired) electrons. The van der Waals surface area contributed by atoms with Crippen molar-refractivity contribution >= 4 is 6.21 Å². The van der Waals surface area contributed by atoms with Gasteiger partial charge >= 0.3 is 0 Å². The number of phenolic OH excluding ortho intramolecular Hbond substituents is 1. The maximum Gasteiger partial charge on any atom is 0.166 e. The molecule has 1 aromatic rings. The molecular formula is C18H28N2O2. The molecular weight excluding hydrogens is 276 g/mol. The Hall–Kier alpha value is -1.55. The van der Waals surface area contributed by atoms with E-state index in [4.69, 9.17) is 4.74 Å². The van der Waals surface area contributed by atoms with E-state index in [0.29, 0.717) is 12.4 Å². The van der Waals surface area contributed by atoms with Gasteiger partial charge in [-0.15, -0.1) is 0 Å². The summed E-state index contributed by atoms with van der Waals surface area (Å²) in [5.41, 5.74) is 0.887. The smallest absolute Gasteiger partial charge is 0.166 e. The van der Waals surface area contributed by atoms with Crippen molar-refractivity contribution < 1.29 is 9.84 Å². The van der Waals surface area contributed by atoms with Crippen molar-refractivity contribution in [3.05, 3.63) is 23.8 Å². The molecule has 0 saturated heterocycles. The maximum atomic E-state index is 10.2. The lowest BCUT2D eigenvalue weighted by Gasteiger charge is -2.41. The van der Waals surface area contributed by atoms with E-state index in [-0.39, 0.29) is 11.3 Å². The number of ether oxygens (including phenoxy) is 1. The number of aromatic hydroxyl groups is 1. The van der Waals surface area contributed by atoms with Crippen molar-refractivity contribution in [2.24, 2.45) is 4.99 Å². The van der Waals surface area contributed by atoms with Crippen LogP contribution in [0.1, 0.15) is 44.6 Å². The molecule has 1 aliphatic carbocycles. The SMILES string of the molecule is CCOc1cccc(C=NCC2(N(C)C)CCCCC2)c1O. The molecule has 1 N–H and O–H groups in total. The average Bonchev–Trinajstić information content (AvgIpc) is 2.52. The molecule has 1 fully saturated rings. The minimum absolute atomic E-state index is 0.169. The number of nitrogens with zero attached hydrogens (tertiary/aromatic N) is 2. The van der Waals surface area contributed by atoms with Crippen LogP contribution in [0.2, 0.25) is 0 Å². The van der Waals surface area contributed by atoms with Crippen LogP contribution in [0.15, 0.2) is 23.2 Å². The fourth-order valence-corrected chi connectivity index (χ4v) is 3.19. The molecule has 4 nitrogen and oxygen atoms in total. The van der Waals surface area contributed by atoms with E-state index in [0.717, 1.165) is 12.1 Å². The minimum Gasteiger partial charge on any atom is -0.504 e. The Morgan fingerprint density at radius 1 is 1.27 bits per heavy atom. The molecule has 1 aromatic carbocycles. The summed E-state index contributed by atoms with van der Waals surface area (Å²) < 4.78 is 5.41. The van der Waals surface area contributed by atoms with Crippen LogP contribution in [-0.2, 0) is 0 Å². The molecule has 2 rings (SSSR count). The third-order valence-corrected chi connectivity index (χ3v) is 4.68. The zero-order valence-corrected chi connectivity index (χ0v) is 14.0.